The summed E-state index contributed by atoms with van der Waals surface area (Å²) in [6.45, 7) is 2.69. The van der Waals surface area contributed by atoms with Gasteiger partial charge in [-0.1, -0.05) is 60.7 Å². The molecule has 31 heavy (non-hydrogen) atoms. The standard InChI is InChI=1S/C26H28O4S/c1-3-28-26(27)17-15-23(21-12-8-5-9-13-21)30-24-18-22(14-16-25(24)31-2)29-19-20-10-6-4-7-11-20/h4-14,16,18,23H,3,15,17,19H2,1-2H3. The fourth-order valence-corrected chi connectivity index (χ4v) is 3.69. The van der Waals surface area contributed by atoms with E-state index in [0.29, 0.717) is 26.1 Å². The first kappa shape index (κ1) is 22.8. The van der Waals surface area contributed by atoms with Crippen LogP contribution in [0.15, 0.2) is 83.8 Å². The highest BCUT2D eigenvalue weighted by molar-refractivity contribution is 7.98. The molecule has 5 heteroatoms. The Hall–Kier alpha value is -2.92. The van der Waals surface area contributed by atoms with Gasteiger partial charge in [0.2, 0.25) is 0 Å². The molecule has 0 aliphatic carbocycles. The average molecular weight is 437 g/mol. The third-order valence-electron chi connectivity index (χ3n) is 4.74. The van der Waals surface area contributed by atoms with Gasteiger partial charge in [0, 0.05) is 17.4 Å². The molecular weight excluding hydrogens is 408 g/mol. The van der Waals surface area contributed by atoms with Crippen LogP contribution in [0.5, 0.6) is 11.5 Å². The molecule has 0 heterocycles. The van der Waals surface area contributed by atoms with E-state index < -0.39 is 0 Å². The summed E-state index contributed by atoms with van der Waals surface area (Å²) in [5, 5.41) is 0. The summed E-state index contributed by atoms with van der Waals surface area (Å²) in [6.07, 6.45) is 2.58. The third-order valence-corrected chi connectivity index (χ3v) is 5.52. The van der Waals surface area contributed by atoms with Gasteiger partial charge in [0.15, 0.2) is 0 Å². The van der Waals surface area contributed by atoms with E-state index in [-0.39, 0.29) is 12.1 Å². The highest BCUT2D eigenvalue weighted by atomic mass is 32.2. The van der Waals surface area contributed by atoms with Crippen molar-refractivity contribution in [1.29, 1.82) is 0 Å². The molecule has 0 saturated heterocycles. The molecule has 1 unspecified atom stereocenters. The molecule has 162 valence electrons. The highest BCUT2D eigenvalue weighted by Crippen LogP contribution is 2.36. The topological polar surface area (TPSA) is 44.8 Å². The van der Waals surface area contributed by atoms with E-state index in [9.17, 15) is 4.79 Å². The van der Waals surface area contributed by atoms with Crippen LogP contribution in [0, 0.1) is 0 Å². The van der Waals surface area contributed by atoms with Crippen LogP contribution in [0.3, 0.4) is 0 Å². The molecule has 0 spiro atoms. The largest absolute Gasteiger partial charge is 0.489 e. The van der Waals surface area contributed by atoms with Crippen LogP contribution in [0.2, 0.25) is 0 Å². The molecule has 0 N–H and O–H groups in total. The smallest absolute Gasteiger partial charge is 0.305 e. The molecule has 1 atom stereocenters. The van der Waals surface area contributed by atoms with Crippen molar-refractivity contribution < 1.29 is 19.0 Å². The normalized spacial score (nSPS) is 11.5. The van der Waals surface area contributed by atoms with Crippen LogP contribution in [0.1, 0.15) is 37.0 Å². The number of benzene rings is 3. The summed E-state index contributed by atoms with van der Waals surface area (Å²) in [5.74, 6) is 1.28. The van der Waals surface area contributed by atoms with Crippen molar-refractivity contribution in [3.05, 3.63) is 90.0 Å². The van der Waals surface area contributed by atoms with Gasteiger partial charge >= 0.3 is 5.97 Å². The van der Waals surface area contributed by atoms with Crippen LogP contribution < -0.4 is 9.47 Å². The Balaban J connectivity index is 1.77. The molecule has 0 aromatic heterocycles. The van der Waals surface area contributed by atoms with Gasteiger partial charge in [0.1, 0.15) is 24.2 Å². The molecule has 0 fully saturated rings. The Morgan fingerprint density at radius 2 is 1.68 bits per heavy atom. The summed E-state index contributed by atoms with van der Waals surface area (Å²) in [5.41, 5.74) is 2.13. The summed E-state index contributed by atoms with van der Waals surface area (Å²) in [7, 11) is 0. The van der Waals surface area contributed by atoms with Gasteiger partial charge in [-0.15, -0.1) is 11.8 Å². The van der Waals surface area contributed by atoms with Crippen molar-refractivity contribution in [2.45, 2.75) is 37.4 Å². The molecule has 0 bridgehead atoms. The highest BCUT2D eigenvalue weighted by Gasteiger charge is 2.18. The maximum Gasteiger partial charge on any atom is 0.305 e. The maximum absolute atomic E-state index is 11.9. The van der Waals surface area contributed by atoms with E-state index >= 15 is 0 Å². The van der Waals surface area contributed by atoms with Crippen molar-refractivity contribution in [2.24, 2.45) is 0 Å². The Labute approximate surface area is 188 Å². The summed E-state index contributed by atoms with van der Waals surface area (Å²) >= 11 is 1.62. The van der Waals surface area contributed by atoms with Crippen LogP contribution in [0.25, 0.3) is 0 Å². The van der Waals surface area contributed by atoms with E-state index in [4.69, 9.17) is 14.2 Å². The molecule has 3 rings (SSSR count). The van der Waals surface area contributed by atoms with E-state index in [1.54, 1.807) is 11.8 Å². The van der Waals surface area contributed by atoms with Gasteiger partial charge in [0.05, 0.1) is 6.61 Å². The number of thioether (sulfide) groups is 1. The van der Waals surface area contributed by atoms with Gasteiger partial charge in [0.25, 0.3) is 0 Å². The summed E-state index contributed by atoms with van der Waals surface area (Å²) in [4.78, 5) is 12.9. The zero-order valence-electron chi connectivity index (χ0n) is 18.0. The lowest BCUT2D eigenvalue weighted by atomic mass is 10.0. The zero-order chi connectivity index (χ0) is 21.9. The zero-order valence-corrected chi connectivity index (χ0v) is 18.8. The fourth-order valence-electron chi connectivity index (χ4n) is 3.18. The van der Waals surface area contributed by atoms with Crippen molar-refractivity contribution >= 4 is 17.7 Å². The van der Waals surface area contributed by atoms with Gasteiger partial charge in [-0.2, -0.15) is 0 Å². The molecule has 0 saturated carbocycles. The average Bonchev–Trinajstić information content (AvgIpc) is 2.82. The van der Waals surface area contributed by atoms with Crippen LogP contribution in [0.4, 0.5) is 0 Å². The summed E-state index contributed by atoms with van der Waals surface area (Å²) in [6, 6.07) is 25.9. The lowest BCUT2D eigenvalue weighted by Crippen LogP contribution is -2.12. The van der Waals surface area contributed by atoms with Crippen molar-refractivity contribution in [3.8, 4) is 11.5 Å². The van der Waals surface area contributed by atoms with Crippen molar-refractivity contribution in [3.63, 3.8) is 0 Å². The lowest BCUT2D eigenvalue weighted by molar-refractivity contribution is -0.143. The van der Waals surface area contributed by atoms with Gasteiger partial charge in [-0.3, -0.25) is 4.79 Å². The monoisotopic (exact) mass is 436 g/mol. The number of carbonyl (C=O) groups is 1. The molecule has 0 aliphatic heterocycles. The van der Waals surface area contributed by atoms with Gasteiger partial charge < -0.3 is 14.2 Å². The number of ether oxygens (including phenoxy) is 3. The molecule has 4 nitrogen and oxygen atoms in total. The van der Waals surface area contributed by atoms with Gasteiger partial charge in [-0.05, 0) is 42.9 Å². The number of hydrogen-bond acceptors (Lipinski definition) is 5. The second kappa shape index (κ2) is 12.1. The number of carbonyl (C=O) groups excluding carboxylic acids is 1. The third kappa shape index (κ3) is 7.07. The molecule has 0 aliphatic rings. The minimum Gasteiger partial charge on any atom is -0.489 e. The molecule has 3 aromatic carbocycles. The SMILES string of the molecule is CCOC(=O)CCC(Oc1cc(OCc2ccccc2)ccc1SC)c1ccccc1. The predicted molar refractivity (Wildman–Crippen MR) is 125 cm³/mol. The van der Waals surface area contributed by atoms with Crippen molar-refractivity contribution in [1.82, 2.24) is 0 Å². The quantitative estimate of drug-likeness (QED) is 0.255. The fraction of sp³-hybridized carbons (Fsp3) is 0.269. The Morgan fingerprint density at radius 1 is 0.968 bits per heavy atom. The van der Waals surface area contributed by atoms with E-state index in [0.717, 1.165) is 27.5 Å². The van der Waals surface area contributed by atoms with Crippen LogP contribution in [-0.2, 0) is 16.1 Å². The molecule has 0 radical (unpaired) electrons. The second-order valence-corrected chi connectivity index (χ2v) is 7.80. The molecular formula is C26H28O4S. The Bertz CT molecular complexity index is 944. The predicted octanol–water partition coefficient (Wildman–Crippen LogP) is 6.45. The molecule has 3 aromatic rings. The first-order valence-corrected chi connectivity index (χ1v) is 11.6. The number of esters is 1. The number of rotatable bonds is 11. The second-order valence-electron chi connectivity index (χ2n) is 6.95. The van der Waals surface area contributed by atoms with Crippen LogP contribution >= 0.6 is 11.8 Å². The van der Waals surface area contributed by atoms with E-state index in [1.165, 1.54) is 0 Å². The van der Waals surface area contributed by atoms with Gasteiger partial charge in [-0.25, -0.2) is 0 Å². The van der Waals surface area contributed by atoms with E-state index in [1.807, 2.05) is 92.0 Å². The van der Waals surface area contributed by atoms with E-state index in [2.05, 4.69) is 0 Å². The first-order chi connectivity index (χ1) is 15.2. The minimum absolute atomic E-state index is 0.211. The maximum atomic E-state index is 11.9. The Kier molecular flexibility index (Phi) is 8.85. The molecule has 0 amide bonds. The lowest BCUT2D eigenvalue weighted by Gasteiger charge is -2.21. The summed E-state index contributed by atoms with van der Waals surface area (Å²) < 4.78 is 17.5. The Morgan fingerprint density at radius 3 is 2.35 bits per heavy atom. The minimum atomic E-state index is -0.263. The van der Waals surface area contributed by atoms with Crippen LogP contribution in [-0.4, -0.2) is 18.8 Å². The van der Waals surface area contributed by atoms with Crippen molar-refractivity contribution in [2.75, 3.05) is 12.9 Å². The first-order valence-electron chi connectivity index (χ1n) is 10.4. The number of hydrogen-bond donors (Lipinski definition) is 0.